The van der Waals surface area contributed by atoms with E-state index in [9.17, 15) is 9.59 Å². The summed E-state index contributed by atoms with van der Waals surface area (Å²) in [7, 11) is 0. The molecule has 4 nitrogen and oxygen atoms in total. The Morgan fingerprint density at radius 2 is 1.52 bits per heavy atom. The zero-order chi connectivity index (χ0) is 15.4. The standard InChI is InChI=1S/C16H18N2O2S/c1-10(2)15(19)17-12-5-7-13(8-6-12)18-16(20)14-9-4-11(3)21-14/h4-10H,1-3H3,(H,17,19)(H,18,20). The van der Waals surface area contributed by atoms with Crippen molar-refractivity contribution >= 4 is 34.5 Å². The fourth-order valence-corrected chi connectivity index (χ4v) is 2.44. The van der Waals surface area contributed by atoms with Crippen molar-refractivity contribution in [2.75, 3.05) is 10.6 Å². The highest BCUT2D eigenvalue weighted by atomic mass is 32.1. The second-order valence-electron chi connectivity index (χ2n) is 5.09. The molecule has 2 rings (SSSR count). The van der Waals surface area contributed by atoms with Gasteiger partial charge in [0.2, 0.25) is 5.91 Å². The minimum Gasteiger partial charge on any atom is -0.326 e. The summed E-state index contributed by atoms with van der Waals surface area (Å²) < 4.78 is 0. The van der Waals surface area contributed by atoms with Crippen LogP contribution in [0, 0.1) is 12.8 Å². The fraction of sp³-hybridized carbons (Fsp3) is 0.250. The van der Waals surface area contributed by atoms with Gasteiger partial charge in [-0.3, -0.25) is 9.59 Å². The minimum absolute atomic E-state index is 0.0270. The van der Waals surface area contributed by atoms with Crippen molar-refractivity contribution in [3.8, 4) is 0 Å². The van der Waals surface area contributed by atoms with Gasteiger partial charge in [0.1, 0.15) is 0 Å². The minimum atomic E-state index is -0.118. The number of carbonyl (C=O) groups excluding carboxylic acids is 2. The smallest absolute Gasteiger partial charge is 0.265 e. The molecule has 0 fully saturated rings. The van der Waals surface area contributed by atoms with Gasteiger partial charge in [-0.15, -0.1) is 11.3 Å². The number of carbonyl (C=O) groups is 2. The number of nitrogens with one attached hydrogen (secondary N) is 2. The quantitative estimate of drug-likeness (QED) is 0.899. The van der Waals surface area contributed by atoms with Gasteiger partial charge < -0.3 is 10.6 Å². The van der Waals surface area contributed by atoms with E-state index in [1.165, 1.54) is 11.3 Å². The molecule has 0 bridgehead atoms. The number of anilines is 2. The molecule has 2 amide bonds. The van der Waals surface area contributed by atoms with Crippen LogP contribution in [-0.4, -0.2) is 11.8 Å². The number of aryl methyl sites for hydroxylation is 1. The predicted octanol–water partition coefficient (Wildman–Crippen LogP) is 3.90. The van der Waals surface area contributed by atoms with E-state index in [1.807, 2.05) is 32.9 Å². The van der Waals surface area contributed by atoms with Crippen molar-refractivity contribution in [1.29, 1.82) is 0 Å². The van der Waals surface area contributed by atoms with Crippen molar-refractivity contribution < 1.29 is 9.59 Å². The normalized spacial score (nSPS) is 10.5. The van der Waals surface area contributed by atoms with Crippen molar-refractivity contribution in [2.45, 2.75) is 20.8 Å². The predicted molar refractivity (Wildman–Crippen MR) is 86.9 cm³/mol. The first kappa shape index (κ1) is 15.3. The van der Waals surface area contributed by atoms with Crippen LogP contribution in [0.25, 0.3) is 0 Å². The van der Waals surface area contributed by atoms with Crippen LogP contribution < -0.4 is 10.6 Å². The zero-order valence-corrected chi connectivity index (χ0v) is 13.1. The summed E-state index contributed by atoms with van der Waals surface area (Å²) in [5.74, 6) is -0.209. The highest BCUT2D eigenvalue weighted by molar-refractivity contribution is 7.14. The summed E-state index contributed by atoms with van der Waals surface area (Å²) in [5.41, 5.74) is 1.42. The Labute approximate surface area is 128 Å². The van der Waals surface area contributed by atoms with E-state index in [-0.39, 0.29) is 17.7 Å². The number of amides is 2. The summed E-state index contributed by atoms with van der Waals surface area (Å²) in [6, 6.07) is 10.8. The largest absolute Gasteiger partial charge is 0.326 e. The third-order valence-corrected chi connectivity index (χ3v) is 3.90. The molecule has 0 radical (unpaired) electrons. The molecule has 0 aliphatic rings. The van der Waals surface area contributed by atoms with E-state index in [4.69, 9.17) is 0 Å². The first-order chi connectivity index (χ1) is 9.95. The molecule has 110 valence electrons. The highest BCUT2D eigenvalue weighted by Gasteiger charge is 2.09. The lowest BCUT2D eigenvalue weighted by molar-refractivity contribution is -0.118. The average Bonchev–Trinajstić information content (AvgIpc) is 2.87. The van der Waals surface area contributed by atoms with Crippen LogP contribution >= 0.6 is 11.3 Å². The zero-order valence-electron chi connectivity index (χ0n) is 12.3. The molecule has 5 heteroatoms. The van der Waals surface area contributed by atoms with E-state index in [2.05, 4.69) is 10.6 Å². The SMILES string of the molecule is Cc1ccc(C(=O)Nc2ccc(NC(=O)C(C)C)cc2)s1. The van der Waals surface area contributed by atoms with Gasteiger partial charge >= 0.3 is 0 Å². The van der Waals surface area contributed by atoms with E-state index >= 15 is 0 Å². The lowest BCUT2D eigenvalue weighted by atomic mass is 10.2. The third kappa shape index (κ3) is 4.16. The highest BCUT2D eigenvalue weighted by Crippen LogP contribution is 2.19. The summed E-state index contributed by atoms with van der Waals surface area (Å²) >= 11 is 1.46. The van der Waals surface area contributed by atoms with Crippen LogP contribution in [0.3, 0.4) is 0 Å². The Bertz CT molecular complexity index is 645. The molecular formula is C16H18N2O2S. The first-order valence-electron chi connectivity index (χ1n) is 6.74. The van der Waals surface area contributed by atoms with Crippen molar-refractivity contribution in [3.63, 3.8) is 0 Å². The second kappa shape index (κ2) is 6.54. The van der Waals surface area contributed by atoms with Crippen molar-refractivity contribution in [3.05, 3.63) is 46.2 Å². The van der Waals surface area contributed by atoms with Crippen LogP contribution in [0.2, 0.25) is 0 Å². The molecule has 0 saturated heterocycles. The maximum atomic E-state index is 12.0. The average molecular weight is 302 g/mol. The molecule has 1 heterocycles. The van der Waals surface area contributed by atoms with Crippen molar-refractivity contribution in [2.24, 2.45) is 5.92 Å². The lowest BCUT2D eigenvalue weighted by Gasteiger charge is -2.09. The van der Waals surface area contributed by atoms with Crippen LogP contribution in [0.15, 0.2) is 36.4 Å². The Hall–Kier alpha value is -2.14. The number of thiophene rings is 1. The van der Waals surface area contributed by atoms with Gasteiger partial charge in [0.05, 0.1) is 4.88 Å². The van der Waals surface area contributed by atoms with Crippen LogP contribution in [0.1, 0.15) is 28.4 Å². The molecule has 0 spiro atoms. The third-order valence-electron chi connectivity index (χ3n) is 2.90. The molecule has 1 aromatic heterocycles. The molecule has 0 aliphatic carbocycles. The monoisotopic (exact) mass is 302 g/mol. The van der Waals surface area contributed by atoms with Crippen LogP contribution in [-0.2, 0) is 4.79 Å². The van der Waals surface area contributed by atoms with Gasteiger partial charge in [-0.1, -0.05) is 13.8 Å². The fourth-order valence-electron chi connectivity index (χ4n) is 1.67. The maximum Gasteiger partial charge on any atom is 0.265 e. The summed E-state index contributed by atoms with van der Waals surface area (Å²) in [6.07, 6.45) is 0. The topological polar surface area (TPSA) is 58.2 Å². The molecule has 2 N–H and O–H groups in total. The van der Waals surface area contributed by atoms with E-state index in [0.717, 1.165) is 10.6 Å². The maximum absolute atomic E-state index is 12.0. The molecule has 0 atom stereocenters. The Morgan fingerprint density at radius 3 is 2.00 bits per heavy atom. The molecule has 21 heavy (non-hydrogen) atoms. The molecule has 0 saturated carbocycles. The lowest BCUT2D eigenvalue weighted by Crippen LogP contribution is -2.17. The van der Waals surface area contributed by atoms with E-state index in [1.54, 1.807) is 24.3 Å². The molecule has 0 aliphatic heterocycles. The number of hydrogen-bond acceptors (Lipinski definition) is 3. The number of rotatable bonds is 4. The van der Waals surface area contributed by atoms with Crippen molar-refractivity contribution in [1.82, 2.24) is 0 Å². The Balaban J connectivity index is 1.99. The number of benzene rings is 1. The number of hydrogen-bond donors (Lipinski definition) is 2. The van der Waals surface area contributed by atoms with Gasteiger partial charge in [0, 0.05) is 22.2 Å². The molecule has 2 aromatic rings. The summed E-state index contributed by atoms with van der Waals surface area (Å²) in [4.78, 5) is 25.4. The van der Waals surface area contributed by atoms with Gasteiger partial charge in [-0.25, -0.2) is 0 Å². The van der Waals surface area contributed by atoms with Crippen LogP contribution in [0.5, 0.6) is 0 Å². The van der Waals surface area contributed by atoms with Gasteiger partial charge in [-0.05, 0) is 43.3 Å². The van der Waals surface area contributed by atoms with Crippen LogP contribution in [0.4, 0.5) is 11.4 Å². The first-order valence-corrected chi connectivity index (χ1v) is 7.56. The molecule has 1 aromatic carbocycles. The van der Waals surface area contributed by atoms with E-state index in [0.29, 0.717) is 10.6 Å². The summed E-state index contributed by atoms with van der Waals surface area (Å²) in [6.45, 7) is 5.65. The van der Waals surface area contributed by atoms with E-state index < -0.39 is 0 Å². The molecular weight excluding hydrogens is 284 g/mol. The van der Waals surface area contributed by atoms with Gasteiger partial charge in [0.15, 0.2) is 0 Å². The Morgan fingerprint density at radius 1 is 0.952 bits per heavy atom. The van der Waals surface area contributed by atoms with Gasteiger partial charge in [0.25, 0.3) is 5.91 Å². The second-order valence-corrected chi connectivity index (χ2v) is 6.37. The van der Waals surface area contributed by atoms with Gasteiger partial charge in [-0.2, -0.15) is 0 Å². The summed E-state index contributed by atoms with van der Waals surface area (Å²) in [5, 5.41) is 5.64. The molecule has 0 unspecified atom stereocenters. The Kier molecular flexibility index (Phi) is 4.75.